The van der Waals surface area contributed by atoms with Gasteiger partial charge in [-0.15, -0.1) is 0 Å². The Morgan fingerprint density at radius 3 is 2.59 bits per heavy atom. The Bertz CT molecular complexity index is 249. The average molecular weight is 238 g/mol. The maximum absolute atomic E-state index is 3.94. The number of hydrogen-bond acceptors (Lipinski definition) is 2. The smallest absolute Gasteiger partial charge is 0.00966 e. The minimum atomic E-state index is 0.562. The molecule has 1 heterocycles. The van der Waals surface area contributed by atoms with Crippen LogP contribution in [0.4, 0.5) is 0 Å². The van der Waals surface area contributed by atoms with E-state index in [2.05, 4.69) is 38.0 Å². The van der Waals surface area contributed by atoms with Gasteiger partial charge < -0.3 is 10.2 Å². The second kappa shape index (κ2) is 5.27. The fourth-order valence-corrected chi connectivity index (χ4v) is 3.61. The molecule has 17 heavy (non-hydrogen) atoms. The maximum Gasteiger partial charge on any atom is 0.00966 e. The molecule has 2 heteroatoms. The molecule has 100 valence electrons. The van der Waals surface area contributed by atoms with Gasteiger partial charge in [-0.2, -0.15) is 0 Å². The Labute approximate surface area is 107 Å². The molecule has 1 aliphatic carbocycles. The van der Waals surface area contributed by atoms with Gasteiger partial charge in [-0.25, -0.2) is 0 Å². The van der Waals surface area contributed by atoms with Gasteiger partial charge in [0.25, 0.3) is 0 Å². The molecule has 0 radical (unpaired) electrons. The summed E-state index contributed by atoms with van der Waals surface area (Å²) in [6.07, 6.45) is 8.24. The highest BCUT2D eigenvalue weighted by molar-refractivity contribution is 4.88. The highest BCUT2D eigenvalue weighted by Crippen LogP contribution is 2.35. The number of nitrogens with one attached hydrogen (secondary N) is 1. The normalized spacial score (nSPS) is 39.2. The molecule has 0 amide bonds. The molecule has 1 N–H and O–H groups in total. The SMILES string of the molecule is CC1CC(NC2CCCC(C)(C)C2)CCN1C. The number of hydrogen-bond donors (Lipinski definition) is 1. The number of rotatable bonds is 2. The minimum Gasteiger partial charge on any atom is -0.311 e. The predicted octanol–water partition coefficient (Wildman–Crippen LogP) is 3.03. The van der Waals surface area contributed by atoms with Crippen LogP contribution < -0.4 is 5.32 Å². The molecule has 0 spiro atoms. The molecule has 0 aromatic heterocycles. The van der Waals surface area contributed by atoms with E-state index < -0.39 is 0 Å². The second-order valence-corrected chi connectivity index (χ2v) is 7.18. The van der Waals surface area contributed by atoms with Gasteiger partial charge >= 0.3 is 0 Å². The third-order valence-electron chi connectivity index (χ3n) is 4.88. The summed E-state index contributed by atoms with van der Waals surface area (Å²) < 4.78 is 0. The van der Waals surface area contributed by atoms with Gasteiger partial charge in [0.2, 0.25) is 0 Å². The van der Waals surface area contributed by atoms with Gasteiger partial charge in [0.1, 0.15) is 0 Å². The topological polar surface area (TPSA) is 15.3 Å². The van der Waals surface area contributed by atoms with E-state index in [0.29, 0.717) is 5.41 Å². The summed E-state index contributed by atoms with van der Waals surface area (Å²) in [4.78, 5) is 2.49. The van der Waals surface area contributed by atoms with E-state index in [9.17, 15) is 0 Å². The molecule has 0 bridgehead atoms. The lowest BCUT2D eigenvalue weighted by atomic mass is 9.75. The third kappa shape index (κ3) is 3.69. The van der Waals surface area contributed by atoms with Crippen LogP contribution in [0.1, 0.15) is 59.3 Å². The molecule has 2 aliphatic rings. The van der Waals surface area contributed by atoms with Crippen LogP contribution in [-0.4, -0.2) is 36.6 Å². The summed E-state index contributed by atoms with van der Waals surface area (Å²) in [6.45, 7) is 8.48. The number of likely N-dealkylation sites (tertiary alicyclic amines) is 1. The summed E-state index contributed by atoms with van der Waals surface area (Å²) in [5.41, 5.74) is 0.562. The maximum atomic E-state index is 3.94. The van der Waals surface area contributed by atoms with E-state index in [1.807, 2.05) is 0 Å². The van der Waals surface area contributed by atoms with Crippen molar-refractivity contribution in [1.82, 2.24) is 10.2 Å². The predicted molar refractivity (Wildman–Crippen MR) is 74.3 cm³/mol. The fraction of sp³-hybridized carbons (Fsp3) is 1.00. The highest BCUT2D eigenvalue weighted by Gasteiger charge is 2.30. The van der Waals surface area contributed by atoms with E-state index in [1.165, 1.54) is 45.1 Å². The number of nitrogens with zero attached hydrogens (tertiary/aromatic N) is 1. The highest BCUT2D eigenvalue weighted by atomic mass is 15.1. The molecule has 2 nitrogen and oxygen atoms in total. The van der Waals surface area contributed by atoms with Gasteiger partial charge in [0.15, 0.2) is 0 Å². The van der Waals surface area contributed by atoms with Crippen molar-refractivity contribution in [3.63, 3.8) is 0 Å². The first-order chi connectivity index (χ1) is 7.96. The van der Waals surface area contributed by atoms with Crippen LogP contribution >= 0.6 is 0 Å². The van der Waals surface area contributed by atoms with Crippen molar-refractivity contribution in [2.75, 3.05) is 13.6 Å². The molecule has 1 saturated carbocycles. The summed E-state index contributed by atoms with van der Waals surface area (Å²) >= 11 is 0. The number of piperidine rings is 1. The largest absolute Gasteiger partial charge is 0.311 e. The fourth-order valence-electron chi connectivity index (χ4n) is 3.61. The summed E-state index contributed by atoms with van der Waals surface area (Å²) in [5.74, 6) is 0. The Balaban J connectivity index is 1.81. The molecular weight excluding hydrogens is 208 g/mol. The Morgan fingerprint density at radius 2 is 1.94 bits per heavy atom. The zero-order valence-electron chi connectivity index (χ0n) is 12.1. The minimum absolute atomic E-state index is 0.562. The molecule has 2 fully saturated rings. The molecule has 2 rings (SSSR count). The van der Waals surface area contributed by atoms with Gasteiger partial charge in [0.05, 0.1) is 0 Å². The molecule has 1 aliphatic heterocycles. The molecule has 0 aromatic carbocycles. The average Bonchev–Trinajstić information content (AvgIpc) is 2.22. The van der Waals surface area contributed by atoms with E-state index in [-0.39, 0.29) is 0 Å². The molecule has 3 unspecified atom stereocenters. The van der Waals surface area contributed by atoms with Crippen molar-refractivity contribution >= 4 is 0 Å². The molecule has 0 aromatic rings. The van der Waals surface area contributed by atoms with Gasteiger partial charge in [-0.3, -0.25) is 0 Å². The van der Waals surface area contributed by atoms with Crippen LogP contribution in [-0.2, 0) is 0 Å². The van der Waals surface area contributed by atoms with Crippen molar-refractivity contribution in [2.24, 2.45) is 5.41 Å². The quantitative estimate of drug-likeness (QED) is 0.795. The van der Waals surface area contributed by atoms with Crippen molar-refractivity contribution in [2.45, 2.75) is 77.4 Å². The van der Waals surface area contributed by atoms with Crippen LogP contribution in [0.15, 0.2) is 0 Å². The monoisotopic (exact) mass is 238 g/mol. The van der Waals surface area contributed by atoms with Gasteiger partial charge in [0, 0.05) is 18.1 Å². The van der Waals surface area contributed by atoms with Crippen LogP contribution in [0.3, 0.4) is 0 Å². The zero-order chi connectivity index (χ0) is 12.5. The summed E-state index contributed by atoms with van der Waals surface area (Å²) in [7, 11) is 2.25. The third-order valence-corrected chi connectivity index (χ3v) is 4.88. The van der Waals surface area contributed by atoms with Gasteiger partial charge in [-0.05, 0) is 58.0 Å². The lowest BCUT2D eigenvalue weighted by molar-refractivity contribution is 0.137. The van der Waals surface area contributed by atoms with Crippen LogP contribution in [0, 0.1) is 5.41 Å². The van der Waals surface area contributed by atoms with E-state index in [1.54, 1.807) is 0 Å². The van der Waals surface area contributed by atoms with Crippen molar-refractivity contribution in [3.05, 3.63) is 0 Å². The van der Waals surface area contributed by atoms with Gasteiger partial charge in [-0.1, -0.05) is 20.3 Å². The lowest BCUT2D eigenvalue weighted by Gasteiger charge is -2.41. The Kier molecular flexibility index (Phi) is 4.14. The van der Waals surface area contributed by atoms with Crippen LogP contribution in [0.5, 0.6) is 0 Å². The Hall–Kier alpha value is -0.0800. The van der Waals surface area contributed by atoms with E-state index in [0.717, 1.165) is 18.1 Å². The Morgan fingerprint density at radius 1 is 1.18 bits per heavy atom. The van der Waals surface area contributed by atoms with Crippen molar-refractivity contribution < 1.29 is 0 Å². The first-order valence-electron chi connectivity index (χ1n) is 7.42. The second-order valence-electron chi connectivity index (χ2n) is 7.18. The van der Waals surface area contributed by atoms with E-state index in [4.69, 9.17) is 0 Å². The zero-order valence-corrected chi connectivity index (χ0v) is 12.1. The van der Waals surface area contributed by atoms with Crippen molar-refractivity contribution in [1.29, 1.82) is 0 Å². The molecule has 3 atom stereocenters. The molecular formula is C15H30N2. The molecule has 1 saturated heterocycles. The first-order valence-corrected chi connectivity index (χ1v) is 7.42. The lowest BCUT2D eigenvalue weighted by Crippen LogP contribution is -2.50. The van der Waals surface area contributed by atoms with Crippen molar-refractivity contribution in [3.8, 4) is 0 Å². The standard InChI is InChI=1S/C15H30N2/c1-12-10-13(7-9-17(12)4)16-14-6-5-8-15(2,3)11-14/h12-14,16H,5-11H2,1-4H3. The summed E-state index contributed by atoms with van der Waals surface area (Å²) in [5, 5.41) is 3.94. The van der Waals surface area contributed by atoms with Crippen LogP contribution in [0.25, 0.3) is 0 Å². The first kappa shape index (κ1) is 13.4. The van der Waals surface area contributed by atoms with Crippen LogP contribution in [0.2, 0.25) is 0 Å². The van der Waals surface area contributed by atoms with E-state index >= 15 is 0 Å². The summed E-state index contributed by atoms with van der Waals surface area (Å²) in [6, 6.07) is 2.29.